The van der Waals surface area contributed by atoms with Crippen molar-refractivity contribution >= 4 is 27.3 Å². The summed E-state index contributed by atoms with van der Waals surface area (Å²) in [5.41, 5.74) is 1.41. The summed E-state index contributed by atoms with van der Waals surface area (Å²) in [4.78, 5) is 1.43. The van der Waals surface area contributed by atoms with Crippen LogP contribution in [0.4, 0.5) is 0 Å². The monoisotopic (exact) mass is 351 g/mol. The van der Waals surface area contributed by atoms with Crippen molar-refractivity contribution in [2.24, 2.45) is 0 Å². The van der Waals surface area contributed by atoms with E-state index in [0.717, 1.165) is 13.0 Å². The summed E-state index contributed by atoms with van der Waals surface area (Å²) in [6.45, 7) is 5.62. The second-order valence-electron chi connectivity index (χ2n) is 5.16. The van der Waals surface area contributed by atoms with Gasteiger partial charge in [-0.05, 0) is 58.2 Å². The Labute approximate surface area is 134 Å². The molecule has 0 saturated carbocycles. The Kier molecular flexibility index (Phi) is 6.27. The van der Waals surface area contributed by atoms with E-state index in [1.807, 2.05) is 11.3 Å². The number of hydrogen-bond acceptors (Lipinski definition) is 2. The standard InChI is InChI=1S/C17H22BrNS/c1-3-10-19-16(12-17-15(18)9-11-20-17)13(2)14-7-5-4-6-8-14/h4-9,11,13,16,19H,3,10,12H2,1-2H3. The molecule has 0 spiro atoms. The van der Waals surface area contributed by atoms with Gasteiger partial charge in [0.1, 0.15) is 0 Å². The highest BCUT2D eigenvalue weighted by molar-refractivity contribution is 9.10. The third-order valence-corrected chi connectivity index (χ3v) is 5.63. The normalized spacial score (nSPS) is 14.2. The average Bonchev–Trinajstić information content (AvgIpc) is 2.89. The summed E-state index contributed by atoms with van der Waals surface area (Å²) in [6, 6.07) is 13.4. The summed E-state index contributed by atoms with van der Waals surface area (Å²) >= 11 is 5.49. The van der Waals surface area contributed by atoms with Crippen LogP contribution in [-0.4, -0.2) is 12.6 Å². The van der Waals surface area contributed by atoms with Crippen molar-refractivity contribution in [1.29, 1.82) is 0 Å². The molecule has 3 heteroatoms. The molecule has 108 valence electrons. The van der Waals surface area contributed by atoms with Gasteiger partial charge in [0.25, 0.3) is 0 Å². The third kappa shape index (κ3) is 4.18. The number of hydrogen-bond donors (Lipinski definition) is 1. The molecule has 0 amide bonds. The number of halogens is 1. The van der Waals surface area contributed by atoms with E-state index in [9.17, 15) is 0 Å². The molecule has 1 aromatic heterocycles. The predicted octanol–water partition coefficient (Wildman–Crippen LogP) is 5.23. The first kappa shape index (κ1) is 15.7. The van der Waals surface area contributed by atoms with E-state index < -0.39 is 0 Å². The Bertz CT molecular complexity index is 509. The Morgan fingerprint density at radius 2 is 1.95 bits per heavy atom. The van der Waals surface area contributed by atoms with Crippen molar-refractivity contribution in [3.8, 4) is 0 Å². The van der Waals surface area contributed by atoms with Crippen molar-refractivity contribution in [2.75, 3.05) is 6.54 Å². The number of thiophene rings is 1. The minimum atomic E-state index is 0.479. The highest BCUT2D eigenvalue weighted by atomic mass is 79.9. The molecule has 0 saturated heterocycles. The molecule has 2 unspecified atom stereocenters. The number of nitrogens with one attached hydrogen (secondary N) is 1. The van der Waals surface area contributed by atoms with E-state index in [0.29, 0.717) is 12.0 Å². The molecule has 1 heterocycles. The molecule has 0 fully saturated rings. The highest BCUT2D eigenvalue weighted by Gasteiger charge is 2.20. The lowest BCUT2D eigenvalue weighted by Crippen LogP contribution is -2.36. The smallest absolute Gasteiger partial charge is 0.0314 e. The predicted molar refractivity (Wildman–Crippen MR) is 92.7 cm³/mol. The number of benzene rings is 1. The molecular weight excluding hydrogens is 330 g/mol. The summed E-state index contributed by atoms with van der Waals surface area (Å²) in [6.07, 6.45) is 2.25. The van der Waals surface area contributed by atoms with Crippen molar-refractivity contribution in [3.63, 3.8) is 0 Å². The van der Waals surface area contributed by atoms with Gasteiger partial charge >= 0.3 is 0 Å². The maximum absolute atomic E-state index is 3.72. The second kappa shape index (κ2) is 7.96. The molecule has 0 bridgehead atoms. The molecule has 2 rings (SSSR count). The molecule has 0 aliphatic heterocycles. The minimum absolute atomic E-state index is 0.479. The van der Waals surface area contributed by atoms with Crippen molar-refractivity contribution in [3.05, 3.63) is 56.7 Å². The van der Waals surface area contributed by atoms with Crippen LogP contribution < -0.4 is 5.32 Å². The molecule has 0 aliphatic rings. The molecule has 0 radical (unpaired) electrons. The fraction of sp³-hybridized carbons (Fsp3) is 0.412. The minimum Gasteiger partial charge on any atom is -0.313 e. The van der Waals surface area contributed by atoms with Gasteiger partial charge in [0.2, 0.25) is 0 Å². The van der Waals surface area contributed by atoms with Crippen LogP contribution in [0.15, 0.2) is 46.3 Å². The molecule has 1 nitrogen and oxygen atoms in total. The van der Waals surface area contributed by atoms with Gasteiger partial charge in [0.05, 0.1) is 0 Å². The first-order valence-corrected chi connectivity index (χ1v) is 8.89. The Balaban J connectivity index is 2.12. The molecule has 2 aromatic rings. The largest absolute Gasteiger partial charge is 0.313 e. The van der Waals surface area contributed by atoms with E-state index in [-0.39, 0.29) is 0 Å². The van der Waals surface area contributed by atoms with Crippen LogP contribution in [0.3, 0.4) is 0 Å². The first-order valence-electron chi connectivity index (χ1n) is 7.22. The van der Waals surface area contributed by atoms with Gasteiger partial charge in [-0.2, -0.15) is 0 Å². The van der Waals surface area contributed by atoms with Crippen LogP contribution >= 0.6 is 27.3 Å². The zero-order chi connectivity index (χ0) is 14.4. The van der Waals surface area contributed by atoms with E-state index in [1.54, 1.807) is 0 Å². The van der Waals surface area contributed by atoms with E-state index in [1.165, 1.54) is 21.3 Å². The molecule has 20 heavy (non-hydrogen) atoms. The lowest BCUT2D eigenvalue weighted by atomic mass is 9.91. The quantitative estimate of drug-likeness (QED) is 0.720. The van der Waals surface area contributed by atoms with Gasteiger partial charge in [-0.15, -0.1) is 11.3 Å². The van der Waals surface area contributed by atoms with Crippen LogP contribution in [0, 0.1) is 0 Å². The van der Waals surface area contributed by atoms with E-state index in [4.69, 9.17) is 0 Å². The van der Waals surface area contributed by atoms with E-state index in [2.05, 4.69) is 76.9 Å². The van der Waals surface area contributed by atoms with Crippen LogP contribution in [0.2, 0.25) is 0 Å². The van der Waals surface area contributed by atoms with Crippen LogP contribution in [0.25, 0.3) is 0 Å². The fourth-order valence-corrected chi connectivity index (χ4v) is 3.99. The van der Waals surface area contributed by atoms with Gasteiger partial charge in [-0.1, -0.05) is 44.2 Å². The third-order valence-electron chi connectivity index (χ3n) is 3.68. The van der Waals surface area contributed by atoms with E-state index >= 15 is 0 Å². The summed E-state index contributed by atoms with van der Waals surface area (Å²) in [7, 11) is 0. The SMILES string of the molecule is CCCNC(Cc1sccc1Br)C(C)c1ccccc1. The zero-order valence-electron chi connectivity index (χ0n) is 12.1. The van der Waals surface area contributed by atoms with Crippen LogP contribution in [0.1, 0.15) is 36.6 Å². The number of rotatable bonds is 7. The first-order chi connectivity index (χ1) is 9.72. The lowest BCUT2D eigenvalue weighted by Gasteiger charge is -2.25. The van der Waals surface area contributed by atoms with Gasteiger partial charge in [0, 0.05) is 15.4 Å². The molecular formula is C17H22BrNS. The lowest BCUT2D eigenvalue weighted by molar-refractivity contribution is 0.449. The summed E-state index contributed by atoms with van der Waals surface area (Å²) < 4.78 is 1.24. The van der Waals surface area contributed by atoms with Gasteiger partial charge in [0.15, 0.2) is 0 Å². The maximum atomic E-state index is 3.72. The topological polar surface area (TPSA) is 12.0 Å². The Morgan fingerprint density at radius 1 is 1.20 bits per heavy atom. The zero-order valence-corrected chi connectivity index (χ0v) is 14.5. The molecule has 0 aliphatic carbocycles. The molecule has 1 N–H and O–H groups in total. The van der Waals surface area contributed by atoms with Crippen LogP contribution in [0.5, 0.6) is 0 Å². The van der Waals surface area contributed by atoms with Gasteiger partial charge < -0.3 is 5.32 Å². The second-order valence-corrected chi connectivity index (χ2v) is 7.01. The van der Waals surface area contributed by atoms with Crippen molar-refractivity contribution < 1.29 is 0 Å². The molecule has 2 atom stereocenters. The molecule has 1 aromatic carbocycles. The summed E-state index contributed by atoms with van der Waals surface area (Å²) in [5.74, 6) is 0.511. The Hall–Kier alpha value is -0.640. The maximum Gasteiger partial charge on any atom is 0.0314 e. The average molecular weight is 352 g/mol. The van der Waals surface area contributed by atoms with Gasteiger partial charge in [-0.25, -0.2) is 0 Å². The Morgan fingerprint density at radius 3 is 2.55 bits per heavy atom. The highest BCUT2D eigenvalue weighted by Crippen LogP contribution is 2.28. The van der Waals surface area contributed by atoms with Crippen molar-refractivity contribution in [2.45, 2.75) is 38.6 Å². The van der Waals surface area contributed by atoms with Gasteiger partial charge in [-0.3, -0.25) is 0 Å². The fourth-order valence-electron chi connectivity index (χ4n) is 2.41. The van der Waals surface area contributed by atoms with Crippen molar-refractivity contribution in [1.82, 2.24) is 5.32 Å². The summed E-state index contributed by atoms with van der Waals surface area (Å²) in [5, 5.41) is 5.88. The van der Waals surface area contributed by atoms with Crippen LogP contribution in [-0.2, 0) is 6.42 Å².